The topological polar surface area (TPSA) is 49.3 Å². The van der Waals surface area contributed by atoms with E-state index in [1.165, 1.54) is 10.4 Å². The molecule has 0 unspecified atom stereocenters. The summed E-state index contributed by atoms with van der Waals surface area (Å²) in [5, 5.41) is 8.68. The third kappa shape index (κ3) is 5.01. The van der Waals surface area contributed by atoms with Gasteiger partial charge in [-0.15, -0.1) is 11.3 Å². The standard InChI is InChI=1S/C15H20N4S/c1-2-17-15(19-12-14-6-4-10-20-14)18-9-7-13-5-3-8-16-11-13/h3-6,8,10-11H,2,7,9,12H2,1H3,(H2,17,18,19). The number of nitrogens with one attached hydrogen (secondary N) is 2. The normalized spacial score (nSPS) is 11.3. The number of rotatable bonds is 6. The Morgan fingerprint density at radius 1 is 1.30 bits per heavy atom. The van der Waals surface area contributed by atoms with Gasteiger partial charge < -0.3 is 10.6 Å². The Kier molecular flexibility index (Phi) is 6.05. The highest BCUT2D eigenvalue weighted by Crippen LogP contribution is 2.09. The fraction of sp³-hybridized carbons (Fsp3) is 0.333. The number of guanidine groups is 1. The van der Waals surface area contributed by atoms with Crippen LogP contribution in [0.2, 0.25) is 0 Å². The molecule has 20 heavy (non-hydrogen) atoms. The molecule has 2 heterocycles. The maximum Gasteiger partial charge on any atom is 0.191 e. The van der Waals surface area contributed by atoms with Crippen LogP contribution >= 0.6 is 11.3 Å². The van der Waals surface area contributed by atoms with Crippen molar-refractivity contribution in [3.05, 3.63) is 52.5 Å². The average Bonchev–Trinajstić information content (AvgIpc) is 2.99. The van der Waals surface area contributed by atoms with Gasteiger partial charge in [-0.05, 0) is 36.4 Å². The predicted molar refractivity (Wildman–Crippen MR) is 85.1 cm³/mol. The zero-order chi connectivity index (χ0) is 14.0. The Balaban J connectivity index is 1.81. The molecule has 0 atom stereocenters. The lowest BCUT2D eigenvalue weighted by atomic mass is 10.2. The highest BCUT2D eigenvalue weighted by atomic mass is 32.1. The summed E-state index contributed by atoms with van der Waals surface area (Å²) in [6.07, 6.45) is 4.64. The second kappa shape index (κ2) is 8.32. The minimum atomic E-state index is 0.722. The van der Waals surface area contributed by atoms with Gasteiger partial charge in [-0.25, -0.2) is 4.99 Å². The summed E-state index contributed by atoms with van der Waals surface area (Å²) in [6.45, 7) is 4.51. The van der Waals surface area contributed by atoms with Gasteiger partial charge in [0.15, 0.2) is 5.96 Å². The second-order valence-corrected chi connectivity index (χ2v) is 5.34. The minimum Gasteiger partial charge on any atom is -0.357 e. The summed E-state index contributed by atoms with van der Waals surface area (Å²) in [4.78, 5) is 9.97. The molecule has 0 amide bonds. The third-order valence-electron chi connectivity index (χ3n) is 2.75. The van der Waals surface area contributed by atoms with Gasteiger partial charge in [0.2, 0.25) is 0 Å². The van der Waals surface area contributed by atoms with E-state index in [-0.39, 0.29) is 0 Å². The number of pyridine rings is 1. The minimum absolute atomic E-state index is 0.722. The molecule has 0 aliphatic rings. The van der Waals surface area contributed by atoms with E-state index in [1.807, 2.05) is 12.3 Å². The van der Waals surface area contributed by atoms with Crippen molar-refractivity contribution in [1.29, 1.82) is 0 Å². The van der Waals surface area contributed by atoms with Crippen molar-refractivity contribution in [1.82, 2.24) is 15.6 Å². The van der Waals surface area contributed by atoms with E-state index in [4.69, 9.17) is 0 Å². The monoisotopic (exact) mass is 288 g/mol. The molecule has 0 aliphatic heterocycles. The van der Waals surface area contributed by atoms with Crippen molar-refractivity contribution in [2.24, 2.45) is 4.99 Å². The van der Waals surface area contributed by atoms with Crippen molar-refractivity contribution in [3.63, 3.8) is 0 Å². The van der Waals surface area contributed by atoms with Crippen LogP contribution < -0.4 is 10.6 Å². The predicted octanol–water partition coefficient (Wildman–Crippen LogP) is 2.44. The molecule has 2 aromatic rings. The average molecular weight is 288 g/mol. The number of aromatic nitrogens is 1. The van der Waals surface area contributed by atoms with Crippen molar-refractivity contribution in [3.8, 4) is 0 Å². The van der Waals surface area contributed by atoms with Gasteiger partial charge in [0.25, 0.3) is 0 Å². The Morgan fingerprint density at radius 3 is 2.95 bits per heavy atom. The Morgan fingerprint density at radius 2 is 2.25 bits per heavy atom. The molecule has 106 valence electrons. The summed E-state index contributed by atoms with van der Waals surface area (Å²) in [6, 6.07) is 8.21. The smallest absolute Gasteiger partial charge is 0.191 e. The molecule has 0 fully saturated rings. The van der Waals surface area contributed by atoms with Crippen LogP contribution in [0.3, 0.4) is 0 Å². The van der Waals surface area contributed by atoms with E-state index in [9.17, 15) is 0 Å². The molecule has 0 spiro atoms. The van der Waals surface area contributed by atoms with E-state index < -0.39 is 0 Å². The Bertz CT molecular complexity index is 508. The van der Waals surface area contributed by atoms with E-state index in [0.29, 0.717) is 0 Å². The summed E-state index contributed by atoms with van der Waals surface area (Å²) >= 11 is 1.73. The second-order valence-electron chi connectivity index (χ2n) is 4.31. The van der Waals surface area contributed by atoms with Gasteiger partial charge in [0, 0.05) is 30.4 Å². The fourth-order valence-electron chi connectivity index (χ4n) is 1.77. The zero-order valence-electron chi connectivity index (χ0n) is 11.7. The molecule has 0 saturated carbocycles. The molecular weight excluding hydrogens is 268 g/mol. The highest BCUT2D eigenvalue weighted by Gasteiger charge is 1.98. The lowest BCUT2D eigenvalue weighted by Gasteiger charge is -2.10. The van der Waals surface area contributed by atoms with Crippen LogP contribution in [0.1, 0.15) is 17.4 Å². The van der Waals surface area contributed by atoms with Gasteiger partial charge in [-0.2, -0.15) is 0 Å². The molecule has 0 aliphatic carbocycles. The molecule has 4 nitrogen and oxygen atoms in total. The molecule has 2 rings (SSSR count). The van der Waals surface area contributed by atoms with Crippen LogP contribution in [0.5, 0.6) is 0 Å². The van der Waals surface area contributed by atoms with Crippen molar-refractivity contribution in [2.75, 3.05) is 13.1 Å². The fourth-order valence-corrected chi connectivity index (χ4v) is 2.40. The lowest BCUT2D eigenvalue weighted by Crippen LogP contribution is -2.38. The number of aliphatic imine (C=N–C) groups is 1. The lowest BCUT2D eigenvalue weighted by molar-refractivity contribution is 0.799. The molecule has 2 N–H and O–H groups in total. The summed E-state index contributed by atoms with van der Waals surface area (Å²) in [5.41, 5.74) is 1.23. The molecule has 0 bridgehead atoms. The van der Waals surface area contributed by atoms with Crippen molar-refractivity contribution < 1.29 is 0 Å². The van der Waals surface area contributed by atoms with E-state index in [1.54, 1.807) is 17.5 Å². The van der Waals surface area contributed by atoms with Gasteiger partial charge in [0.05, 0.1) is 6.54 Å². The Hall–Kier alpha value is -1.88. The van der Waals surface area contributed by atoms with Crippen LogP contribution in [0.15, 0.2) is 47.0 Å². The van der Waals surface area contributed by atoms with Crippen LogP contribution in [-0.4, -0.2) is 24.0 Å². The first-order valence-corrected chi connectivity index (χ1v) is 7.70. The van der Waals surface area contributed by atoms with Gasteiger partial charge in [0.1, 0.15) is 0 Å². The Labute approximate surface area is 124 Å². The molecule has 0 saturated heterocycles. The number of nitrogens with zero attached hydrogens (tertiary/aromatic N) is 2. The van der Waals surface area contributed by atoms with Crippen LogP contribution in [0.25, 0.3) is 0 Å². The van der Waals surface area contributed by atoms with Gasteiger partial charge >= 0.3 is 0 Å². The quantitative estimate of drug-likeness (QED) is 0.634. The maximum atomic E-state index is 4.58. The summed E-state index contributed by atoms with van der Waals surface area (Å²) in [7, 11) is 0. The molecule has 2 aromatic heterocycles. The molecule has 5 heteroatoms. The highest BCUT2D eigenvalue weighted by molar-refractivity contribution is 7.09. The van der Waals surface area contributed by atoms with Gasteiger partial charge in [-0.1, -0.05) is 12.1 Å². The summed E-state index contributed by atoms with van der Waals surface area (Å²) in [5.74, 6) is 0.866. The van der Waals surface area contributed by atoms with E-state index in [0.717, 1.165) is 32.0 Å². The number of thiophene rings is 1. The van der Waals surface area contributed by atoms with Crippen molar-refractivity contribution in [2.45, 2.75) is 19.9 Å². The van der Waals surface area contributed by atoms with Gasteiger partial charge in [-0.3, -0.25) is 4.98 Å². The first-order chi connectivity index (χ1) is 9.88. The van der Waals surface area contributed by atoms with E-state index >= 15 is 0 Å². The SMILES string of the molecule is CCNC(=NCc1cccs1)NCCc1cccnc1. The first kappa shape index (κ1) is 14.5. The van der Waals surface area contributed by atoms with Crippen LogP contribution in [0.4, 0.5) is 0 Å². The van der Waals surface area contributed by atoms with Crippen LogP contribution in [0, 0.1) is 0 Å². The first-order valence-electron chi connectivity index (χ1n) is 6.82. The third-order valence-corrected chi connectivity index (χ3v) is 3.61. The van der Waals surface area contributed by atoms with E-state index in [2.05, 4.69) is 51.1 Å². The van der Waals surface area contributed by atoms with Crippen LogP contribution in [-0.2, 0) is 13.0 Å². The largest absolute Gasteiger partial charge is 0.357 e. The van der Waals surface area contributed by atoms with Crippen molar-refractivity contribution >= 4 is 17.3 Å². The summed E-state index contributed by atoms with van der Waals surface area (Å²) < 4.78 is 0. The molecule has 0 aromatic carbocycles. The molecular formula is C15H20N4S. The zero-order valence-corrected chi connectivity index (χ0v) is 12.5. The number of hydrogen-bond acceptors (Lipinski definition) is 3. The molecule has 0 radical (unpaired) electrons. The maximum absolute atomic E-state index is 4.58. The number of hydrogen-bond donors (Lipinski definition) is 2.